The van der Waals surface area contributed by atoms with Crippen molar-refractivity contribution >= 4 is 21.5 Å². The molecule has 0 amide bonds. The van der Waals surface area contributed by atoms with E-state index in [1.807, 2.05) is 0 Å². The van der Waals surface area contributed by atoms with Gasteiger partial charge in [0, 0.05) is 16.8 Å². The van der Waals surface area contributed by atoms with E-state index in [4.69, 9.17) is 0 Å². The van der Waals surface area contributed by atoms with Crippen LogP contribution in [0.5, 0.6) is 0 Å². The van der Waals surface area contributed by atoms with Crippen molar-refractivity contribution in [3.05, 3.63) is 65.6 Å². The summed E-state index contributed by atoms with van der Waals surface area (Å²) in [5.41, 5.74) is -2.52. The van der Waals surface area contributed by atoms with Crippen molar-refractivity contribution in [3.8, 4) is 0 Å². The van der Waals surface area contributed by atoms with Crippen LogP contribution in [0.25, 0.3) is 21.5 Å². The van der Waals surface area contributed by atoms with E-state index in [1.165, 1.54) is 12.1 Å². The Balaban J connectivity index is 2.79. The number of fused-ring (bicyclic) bond motifs is 2. The van der Waals surface area contributed by atoms with Gasteiger partial charge in [-0.2, -0.15) is 0 Å². The Labute approximate surface area is 92.2 Å². The average molecular weight is 227 g/mol. The van der Waals surface area contributed by atoms with Gasteiger partial charge < -0.3 is 4.42 Å². The van der Waals surface area contributed by atoms with Crippen molar-refractivity contribution in [2.24, 2.45) is 0 Å². The van der Waals surface area contributed by atoms with Crippen LogP contribution in [-0.2, 0) is 0 Å². The van der Waals surface area contributed by atoms with Gasteiger partial charge in [-0.15, -0.1) is 0 Å². The van der Waals surface area contributed by atoms with Crippen LogP contribution in [0, 0.1) is 6.07 Å². The van der Waals surface area contributed by atoms with Crippen LogP contribution in [0.15, 0.2) is 41.8 Å². The van der Waals surface area contributed by atoms with E-state index < -0.39 is 22.1 Å². The van der Waals surface area contributed by atoms with Crippen molar-refractivity contribution < 1.29 is 4.42 Å². The summed E-state index contributed by atoms with van der Waals surface area (Å²) < 4.78 is 4.39. The number of rotatable bonds is 0. The Morgan fingerprint density at radius 2 is 1.41 bits per heavy atom. The molecule has 0 aliphatic heterocycles. The van der Waals surface area contributed by atoms with Gasteiger partial charge in [0.05, 0.1) is 10.8 Å². The molecule has 0 saturated heterocycles. The minimum absolute atomic E-state index is 0.0126. The first-order valence-electron chi connectivity index (χ1n) is 4.71. The number of benzene rings is 2. The Kier molecular flexibility index (Phi) is 1.69. The molecule has 5 nitrogen and oxygen atoms in total. The van der Waals surface area contributed by atoms with Crippen molar-refractivity contribution in [1.29, 1.82) is 0 Å². The molecule has 1 radical (unpaired) electrons. The summed E-state index contributed by atoms with van der Waals surface area (Å²) in [5, 5.41) is 0.200. The number of furan rings is 1. The standard InChI is InChI=1S/C12H3O5/c13-9-1-2-10(14)6-4-8-7(3-5(6)9)11(15)17-12(8)16/h1,3-4H. The molecule has 1 aromatic heterocycles. The van der Waals surface area contributed by atoms with E-state index >= 15 is 0 Å². The first kappa shape index (κ1) is 9.65. The predicted octanol–water partition coefficient (Wildman–Crippen LogP) is -0.297. The van der Waals surface area contributed by atoms with E-state index in [2.05, 4.69) is 10.5 Å². The normalized spacial score (nSPS) is 11.3. The van der Waals surface area contributed by atoms with Crippen molar-refractivity contribution in [1.82, 2.24) is 0 Å². The lowest BCUT2D eigenvalue weighted by Gasteiger charge is -1.93. The molecule has 0 atom stereocenters. The molecule has 0 aliphatic rings. The molecule has 0 aliphatic carbocycles. The molecule has 81 valence electrons. The Morgan fingerprint density at radius 1 is 0.824 bits per heavy atom. The number of hydrogen-bond acceptors (Lipinski definition) is 5. The van der Waals surface area contributed by atoms with E-state index in [-0.39, 0.29) is 21.5 Å². The molecule has 2 aromatic carbocycles. The highest BCUT2D eigenvalue weighted by atomic mass is 16.4. The minimum Gasteiger partial charge on any atom is -0.386 e. The van der Waals surface area contributed by atoms with E-state index in [0.29, 0.717) is 0 Å². The molecule has 0 unspecified atom stereocenters. The van der Waals surface area contributed by atoms with Crippen LogP contribution in [-0.4, -0.2) is 0 Å². The lowest BCUT2D eigenvalue weighted by atomic mass is 10.1. The SMILES string of the molecule is O=c1[c]cc(=O)c2cc3c(=O)oc(=O)c3cc12. The van der Waals surface area contributed by atoms with Crippen molar-refractivity contribution in [3.63, 3.8) is 0 Å². The fourth-order valence-corrected chi connectivity index (χ4v) is 1.81. The summed E-state index contributed by atoms with van der Waals surface area (Å²) in [7, 11) is 0. The Hall–Kier alpha value is -2.56. The average Bonchev–Trinajstić information content (AvgIpc) is 2.58. The molecule has 0 saturated carbocycles. The van der Waals surface area contributed by atoms with Crippen molar-refractivity contribution in [2.45, 2.75) is 0 Å². The van der Waals surface area contributed by atoms with Gasteiger partial charge in [-0.25, -0.2) is 9.59 Å². The van der Waals surface area contributed by atoms with Crippen LogP contribution in [0.1, 0.15) is 0 Å². The summed E-state index contributed by atoms with van der Waals surface area (Å²) in [6.07, 6.45) is 0. The number of hydrogen-bond donors (Lipinski definition) is 0. The second-order valence-corrected chi connectivity index (χ2v) is 3.60. The van der Waals surface area contributed by atoms with Gasteiger partial charge in [-0.1, -0.05) is 0 Å². The molecule has 0 fully saturated rings. The molecule has 0 spiro atoms. The molecule has 0 N–H and O–H groups in total. The summed E-state index contributed by atoms with van der Waals surface area (Å²) in [5.74, 6) is 0. The van der Waals surface area contributed by atoms with Gasteiger partial charge >= 0.3 is 11.3 Å². The summed E-state index contributed by atoms with van der Waals surface area (Å²) >= 11 is 0. The van der Waals surface area contributed by atoms with Gasteiger partial charge in [-0.3, -0.25) is 9.59 Å². The zero-order valence-corrected chi connectivity index (χ0v) is 8.27. The van der Waals surface area contributed by atoms with E-state index in [1.54, 1.807) is 0 Å². The van der Waals surface area contributed by atoms with Gasteiger partial charge in [0.1, 0.15) is 0 Å². The summed E-state index contributed by atoms with van der Waals surface area (Å²) in [4.78, 5) is 45.6. The smallest absolute Gasteiger partial charge is 0.346 e. The first-order chi connectivity index (χ1) is 8.08. The maximum absolute atomic E-state index is 11.5. The highest BCUT2D eigenvalue weighted by Gasteiger charge is 2.12. The molecular weight excluding hydrogens is 224 g/mol. The third-order valence-electron chi connectivity index (χ3n) is 2.63. The second-order valence-electron chi connectivity index (χ2n) is 3.60. The molecule has 3 aromatic rings. The van der Waals surface area contributed by atoms with E-state index in [0.717, 1.165) is 6.07 Å². The van der Waals surface area contributed by atoms with Crippen LogP contribution < -0.4 is 22.1 Å². The molecule has 5 heteroatoms. The van der Waals surface area contributed by atoms with Gasteiger partial charge in [-0.05, 0) is 18.2 Å². The zero-order valence-electron chi connectivity index (χ0n) is 8.27. The maximum Gasteiger partial charge on any atom is 0.346 e. The van der Waals surface area contributed by atoms with Gasteiger partial charge in [0.2, 0.25) is 0 Å². The highest BCUT2D eigenvalue weighted by Crippen LogP contribution is 2.13. The summed E-state index contributed by atoms with van der Waals surface area (Å²) in [6, 6.07) is 5.69. The Bertz CT molecular complexity index is 877. The molecule has 17 heavy (non-hydrogen) atoms. The largest absolute Gasteiger partial charge is 0.386 e. The highest BCUT2D eigenvalue weighted by molar-refractivity contribution is 5.97. The quantitative estimate of drug-likeness (QED) is 0.526. The first-order valence-corrected chi connectivity index (χ1v) is 4.71. The van der Waals surface area contributed by atoms with Crippen molar-refractivity contribution in [2.75, 3.05) is 0 Å². The fourth-order valence-electron chi connectivity index (χ4n) is 1.81. The van der Waals surface area contributed by atoms with Gasteiger partial charge in [0.15, 0.2) is 10.9 Å². The van der Waals surface area contributed by atoms with Gasteiger partial charge in [0.25, 0.3) is 0 Å². The van der Waals surface area contributed by atoms with Crippen LogP contribution in [0.3, 0.4) is 0 Å². The Morgan fingerprint density at radius 3 is 2.06 bits per heavy atom. The third kappa shape index (κ3) is 1.19. The van der Waals surface area contributed by atoms with Crippen LogP contribution in [0.4, 0.5) is 0 Å². The topological polar surface area (TPSA) is 81.4 Å². The molecule has 1 heterocycles. The lowest BCUT2D eigenvalue weighted by Crippen LogP contribution is -2.10. The maximum atomic E-state index is 11.5. The minimum atomic E-state index is -0.803. The van der Waals surface area contributed by atoms with E-state index in [9.17, 15) is 19.2 Å². The lowest BCUT2D eigenvalue weighted by molar-refractivity contribution is 0.500. The molecule has 0 bridgehead atoms. The molecule has 3 rings (SSSR count). The second kappa shape index (κ2) is 2.98. The third-order valence-corrected chi connectivity index (χ3v) is 2.63. The van der Waals surface area contributed by atoms with Crippen LogP contribution >= 0.6 is 0 Å². The monoisotopic (exact) mass is 227 g/mol. The zero-order chi connectivity index (χ0) is 12.2. The summed E-state index contributed by atoms with van der Waals surface area (Å²) in [6.45, 7) is 0. The predicted molar refractivity (Wildman–Crippen MR) is 60.0 cm³/mol. The van der Waals surface area contributed by atoms with Crippen LogP contribution in [0.2, 0.25) is 0 Å². The fraction of sp³-hybridized carbons (Fsp3) is 0. The molecular formula is C12H3O5.